The molecule has 1 atom stereocenters. The number of anilines is 1. The molecule has 1 aliphatic heterocycles. The van der Waals surface area contributed by atoms with Gasteiger partial charge in [-0.25, -0.2) is 8.42 Å². The van der Waals surface area contributed by atoms with Crippen LogP contribution in [0.25, 0.3) is 0 Å². The zero-order chi connectivity index (χ0) is 23.4. The van der Waals surface area contributed by atoms with Crippen LogP contribution in [0.5, 0.6) is 0 Å². The lowest BCUT2D eigenvalue weighted by Crippen LogP contribution is -2.41. The number of benzene rings is 2. The fourth-order valence-corrected chi connectivity index (χ4v) is 6.74. The maximum absolute atomic E-state index is 13.3. The number of carbonyl (C=O) groups is 2. The van der Waals surface area contributed by atoms with Gasteiger partial charge in [0.25, 0.3) is 15.9 Å². The third kappa shape index (κ3) is 5.52. The molecule has 0 spiro atoms. The van der Waals surface area contributed by atoms with Gasteiger partial charge in [-0.3, -0.25) is 9.59 Å². The summed E-state index contributed by atoms with van der Waals surface area (Å²) < 4.78 is 34.2. The van der Waals surface area contributed by atoms with E-state index in [1.54, 1.807) is 41.8 Å². The predicted octanol–water partition coefficient (Wildman–Crippen LogP) is 4.37. The summed E-state index contributed by atoms with van der Waals surface area (Å²) in [5, 5.41) is 4.36. The maximum Gasteiger partial charge on any atom is 0.308 e. The van der Waals surface area contributed by atoms with Crippen molar-refractivity contribution in [3.63, 3.8) is 0 Å². The second kappa shape index (κ2) is 10.2. The number of nitrogens with zero attached hydrogens (tertiary/aromatic N) is 1. The molecule has 1 aromatic heterocycles. The Kier molecular flexibility index (Phi) is 7.28. The van der Waals surface area contributed by atoms with E-state index in [2.05, 4.69) is 21.2 Å². The molecule has 10 heteroatoms. The molecule has 1 amide bonds. The summed E-state index contributed by atoms with van der Waals surface area (Å²) in [6.45, 7) is -0.194. The van der Waals surface area contributed by atoms with Crippen molar-refractivity contribution in [1.29, 1.82) is 0 Å². The number of amides is 1. The largest absolute Gasteiger partial charge is 0.456 e. The van der Waals surface area contributed by atoms with Crippen LogP contribution < -0.4 is 5.32 Å². The molecule has 2 heterocycles. The Labute approximate surface area is 204 Å². The fourth-order valence-electron chi connectivity index (χ4n) is 3.75. The molecule has 0 saturated heterocycles. The summed E-state index contributed by atoms with van der Waals surface area (Å²) in [6, 6.07) is 17.0. The molecule has 0 aliphatic carbocycles. The van der Waals surface area contributed by atoms with Crippen molar-refractivity contribution >= 4 is 54.9 Å². The van der Waals surface area contributed by atoms with E-state index in [1.165, 1.54) is 4.31 Å². The van der Waals surface area contributed by atoms with Crippen LogP contribution in [0.1, 0.15) is 23.6 Å². The summed E-state index contributed by atoms with van der Waals surface area (Å²) in [5.74, 6) is -1.12. The lowest BCUT2D eigenvalue weighted by Gasteiger charge is -2.35. The highest BCUT2D eigenvalue weighted by Crippen LogP contribution is 2.37. The summed E-state index contributed by atoms with van der Waals surface area (Å²) in [4.78, 5) is 24.8. The van der Waals surface area contributed by atoms with E-state index >= 15 is 0 Å². The topological polar surface area (TPSA) is 92.8 Å². The van der Waals surface area contributed by atoms with Gasteiger partial charge in [-0.1, -0.05) is 46.3 Å². The molecule has 33 heavy (non-hydrogen) atoms. The average Bonchev–Trinajstić information content (AvgIpc) is 3.35. The number of sulfonamides is 1. The molecule has 0 bridgehead atoms. The van der Waals surface area contributed by atoms with Crippen LogP contribution in [0.4, 0.5) is 5.69 Å². The predicted molar refractivity (Wildman–Crippen MR) is 129 cm³/mol. The highest BCUT2D eigenvalue weighted by Gasteiger charge is 2.38. The highest BCUT2D eigenvalue weighted by molar-refractivity contribution is 9.10. The number of fused-ring (bicyclic) bond motifs is 1. The third-order valence-electron chi connectivity index (χ3n) is 5.27. The SMILES string of the molecule is O=C(COC(=O)CC1c2ccccc2CCN1S(=O)(=O)c1cccs1)Nc1ccc(Br)cc1. The molecule has 0 fully saturated rings. The summed E-state index contributed by atoms with van der Waals surface area (Å²) in [5.41, 5.74) is 2.36. The average molecular weight is 549 g/mol. The summed E-state index contributed by atoms with van der Waals surface area (Å²) in [6.07, 6.45) is 0.370. The van der Waals surface area contributed by atoms with Crippen LogP contribution in [0.2, 0.25) is 0 Å². The van der Waals surface area contributed by atoms with Crippen molar-refractivity contribution in [2.75, 3.05) is 18.5 Å². The quantitative estimate of drug-likeness (QED) is 0.442. The Morgan fingerprint density at radius 1 is 1.09 bits per heavy atom. The van der Waals surface area contributed by atoms with Gasteiger partial charge in [0.2, 0.25) is 0 Å². The van der Waals surface area contributed by atoms with Gasteiger partial charge in [0.15, 0.2) is 6.61 Å². The Morgan fingerprint density at radius 3 is 2.58 bits per heavy atom. The van der Waals surface area contributed by atoms with Crippen molar-refractivity contribution < 1.29 is 22.7 Å². The highest BCUT2D eigenvalue weighted by atomic mass is 79.9. The molecule has 0 saturated carbocycles. The van der Waals surface area contributed by atoms with Gasteiger partial charge < -0.3 is 10.1 Å². The fraction of sp³-hybridized carbons (Fsp3) is 0.217. The molecular formula is C23H21BrN2O5S2. The number of halogens is 1. The van der Waals surface area contributed by atoms with Crippen LogP contribution in [0.3, 0.4) is 0 Å². The molecule has 3 aromatic rings. The molecule has 7 nitrogen and oxygen atoms in total. The van der Waals surface area contributed by atoms with E-state index in [0.29, 0.717) is 12.1 Å². The van der Waals surface area contributed by atoms with Crippen molar-refractivity contribution in [1.82, 2.24) is 4.31 Å². The molecular weight excluding hydrogens is 528 g/mol. The number of esters is 1. The normalized spacial score (nSPS) is 16.1. The van der Waals surface area contributed by atoms with E-state index in [0.717, 1.165) is 26.9 Å². The van der Waals surface area contributed by atoms with Gasteiger partial charge in [-0.15, -0.1) is 11.3 Å². The number of thiophene rings is 1. The van der Waals surface area contributed by atoms with Gasteiger partial charge in [-0.05, 0) is 53.3 Å². The van der Waals surface area contributed by atoms with E-state index in [4.69, 9.17) is 4.74 Å². The van der Waals surface area contributed by atoms with Crippen molar-refractivity contribution in [3.8, 4) is 0 Å². The Morgan fingerprint density at radius 2 is 1.85 bits per heavy atom. The number of ether oxygens (including phenoxy) is 1. The first-order valence-electron chi connectivity index (χ1n) is 10.2. The van der Waals surface area contributed by atoms with E-state index in [-0.39, 0.29) is 17.2 Å². The third-order valence-corrected chi connectivity index (χ3v) is 9.08. The first-order valence-corrected chi connectivity index (χ1v) is 13.3. The minimum absolute atomic E-state index is 0.187. The number of rotatable bonds is 7. The lowest BCUT2D eigenvalue weighted by atomic mass is 9.92. The van der Waals surface area contributed by atoms with Gasteiger partial charge in [0.1, 0.15) is 4.21 Å². The number of nitrogens with one attached hydrogen (secondary N) is 1. The molecule has 0 radical (unpaired) electrons. The molecule has 1 unspecified atom stereocenters. The van der Waals surface area contributed by atoms with E-state index in [1.807, 2.05) is 24.3 Å². The van der Waals surface area contributed by atoms with Crippen molar-refractivity contribution in [2.45, 2.75) is 23.1 Å². The Hall–Kier alpha value is -2.53. The van der Waals surface area contributed by atoms with Gasteiger partial charge in [0, 0.05) is 16.7 Å². The van der Waals surface area contributed by atoms with Crippen LogP contribution >= 0.6 is 27.3 Å². The number of hydrogen-bond acceptors (Lipinski definition) is 6. The first kappa shape index (κ1) is 23.6. The lowest BCUT2D eigenvalue weighted by molar-refractivity contribution is -0.148. The standard InChI is InChI=1S/C23H21BrN2O5S2/c24-17-7-9-18(10-8-17)25-21(27)15-31-22(28)14-20-19-5-2-1-4-16(19)11-12-26(20)33(29,30)23-6-3-13-32-23/h1-10,13,20H,11-12,14-15H2,(H,25,27). The molecule has 1 N–H and O–H groups in total. The Bertz CT molecular complexity index is 1240. The van der Waals surface area contributed by atoms with Crippen molar-refractivity contribution in [2.24, 2.45) is 0 Å². The van der Waals surface area contributed by atoms with Gasteiger partial charge in [-0.2, -0.15) is 4.31 Å². The number of hydrogen-bond donors (Lipinski definition) is 1. The second-order valence-corrected chi connectivity index (χ2v) is 11.4. The summed E-state index contributed by atoms with van der Waals surface area (Å²) in [7, 11) is -3.77. The molecule has 1 aliphatic rings. The van der Waals surface area contributed by atoms with Crippen LogP contribution in [-0.4, -0.2) is 37.8 Å². The minimum Gasteiger partial charge on any atom is -0.456 e. The number of carbonyl (C=O) groups excluding carboxylic acids is 2. The van der Waals surface area contributed by atoms with Crippen molar-refractivity contribution in [3.05, 3.63) is 81.6 Å². The minimum atomic E-state index is -3.77. The zero-order valence-corrected chi connectivity index (χ0v) is 20.7. The van der Waals surface area contributed by atoms with E-state index < -0.39 is 34.5 Å². The molecule has 172 valence electrons. The van der Waals surface area contributed by atoms with E-state index in [9.17, 15) is 18.0 Å². The zero-order valence-electron chi connectivity index (χ0n) is 17.4. The first-order chi connectivity index (χ1) is 15.8. The summed E-state index contributed by atoms with van der Waals surface area (Å²) >= 11 is 4.46. The van der Waals surface area contributed by atoms with Crippen LogP contribution in [0, 0.1) is 0 Å². The second-order valence-electron chi connectivity index (χ2n) is 7.43. The van der Waals surface area contributed by atoms with Crippen LogP contribution in [0.15, 0.2) is 74.7 Å². The van der Waals surface area contributed by atoms with Crippen LogP contribution in [-0.2, 0) is 30.8 Å². The smallest absolute Gasteiger partial charge is 0.308 e. The molecule has 2 aromatic carbocycles. The monoisotopic (exact) mass is 548 g/mol. The maximum atomic E-state index is 13.3. The van der Waals surface area contributed by atoms with Gasteiger partial charge in [0.05, 0.1) is 12.5 Å². The van der Waals surface area contributed by atoms with Gasteiger partial charge >= 0.3 is 5.97 Å². The Balaban J connectivity index is 1.46. The molecule has 4 rings (SSSR count).